The zero-order valence-corrected chi connectivity index (χ0v) is 14.2. The highest BCUT2D eigenvalue weighted by molar-refractivity contribution is 8.77. The Labute approximate surface area is 132 Å². The first kappa shape index (κ1) is 20.4. The minimum absolute atomic E-state index is 0.0893. The smallest absolute Gasteiger partial charge is 0.307 e. The Balaban J connectivity index is 4.21. The summed E-state index contributed by atoms with van der Waals surface area (Å²) in [6.07, 6.45) is 1.15. The predicted octanol–water partition coefficient (Wildman–Crippen LogP) is 2.07. The zero-order chi connectivity index (χ0) is 16.5. The van der Waals surface area contributed by atoms with Crippen molar-refractivity contribution < 1.29 is 24.3 Å². The predicted molar refractivity (Wildman–Crippen MR) is 84.9 cm³/mol. The van der Waals surface area contributed by atoms with Crippen LogP contribution in [0.4, 0.5) is 0 Å². The van der Waals surface area contributed by atoms with Crippen molar-refractivity contribution in [2.75, 3.05) is 12.4 Å². The van der Waals surface area contributed by atoms with Gasteiger partial charge in [0.25, 0.3) is 0 Å². The normalized spacial score (nSPS) is 13.0. The average molecular weight is 337 g/mol. The fourth-order valence-electron chi connectivity index (χ4n) is 1.44. The van der Waals surface area contributed by atoms with Crippen LogP contribution in [0.25, 0.3) is 0 Å². The maximum Gasteiger partial charge on any atom is 0.307 e. The van der Waals surface area contributed by atoms with Crippen molar-refractivity contribution in [3.8, 4) is 0 Å². The molecule has 0 aliphatic heterocycles. The van der Waals surface area contributed by atoms with Gasteiger partial charge < -0.3 is 9.90 Å². The van der Waals surface area contributed by atoms with Crippen LogP contribution in [-0.4, -0.2) is 39.7 Å². The van der Waals surface area contributed by atoms with Crippen molar-refractivity contribution >= 4 is 39.1 Å². The molecule has 1 unspecified atom stereocenters. The highest BCUT2D eigenvalue weighted by Crippen LogP contribution is 2.40. The monoisotopic (exact) mass is 337 g/mol. The van der Waals surface area contributed by atoms with Crippen LogP contribution in [0.15, 0.2) is 0 Å². The van der Waals surface area contributed by atoms with Gasteiger partial charge in [0.2, 0.25) is 0 Å². The molecule has 0 aromatic heterocycles. The molecular formula is C13H23NO5S2. The Morgan fingerprint density at radius 2 is 1.95 bits per heavy atom. The first-order valence-corrected chi connectivity index (χ1v) is 8.86. The average Bonchev–Trinajstić information content (AvgIpc) is 2.35. The molecule has 0 aromatic carbocycles. The van der Waals surface area contributed by atoms with Gasteiger partial charge in [-0.2, -0.15) is 0 Å². The first-order chi connectivity index (χ1) is 9.68. The maximum absolute atomic E-state index is 11.4. The summed E-state index contributed by atoms with van der Waals surface area (Å²) in [6, 6.07) is 0. The molecule has 0 rings (SSSR count). The number of carbonyl (C=O) groups is 3. The SMILES string of the molecule is CC(=O)CCC(C)(C)SSCC(CC(=O)CON)C(=O)O. The molecule has 0 heterocycles. The second-order valence-electron chi connectivity index (χ2n) is 5.42. The van der Waals surface area contributed by atoms with Crippen LogP contribution in [0, 0.1) is 5.92 Å². The summed E-state index contributed by atoms with van der Waals surface area (Å²) in [6.45, 7) is 5.30. The lowest BCUT2D eigenvalue weighted by Gasteiger charge is -2.23. The number of hydrogen-bond acceptors (Lipinski definition) is 7. The van der Waals surface area contributed by atoms with E-state index >= 15 is 0 Å². The lowest BCUT2D eigenvalue weighted by molar-refractivity contribution is -0.143. The van der Waals surface area contributed by atoms with Gasteiger partial charge in [-0.3, -0.25) is 14.4 Å². The lowest BCUT2D eigenvalue weighted by atomic mass is 10.1. The molecule has 122 valence electrons. The minimum atomic E-state index is -1.00. The molecule has 0 spiro atoms. The van der Waals surface area contributed by atoms with Gasteiger partial charge >= 0.3 is 5.97 Å². The Hall–Kier alpha value is -0.570. The van der Waals surface area contributed by atoms with Crippen molar-refractivity contribution in [2.24, 2.45) is 11.8 Å². The third kappa shape index (κ3) is 10.8. The van der Waals surface area contributed by atoms with E-state index in [2.05, 4.69) is 4.84 Å². The molecule has 0 aliphatic carbocycles. The maximum atomic E-state index is 11.4. The molecule has 0 radical (unpaired) electrons. The summed E-state index contributed by atoms with van der Waals surface area (Å²) in [5, 5.41) is 9.10. The molecule has 3 N–H and O–H groups in total. The molecule has 21 heavy (non-hydrogen) atoms. The molecule has 0 bridgehead atoms. The van der Waals surface area contributed by atoms with Crippen LogP contribution < -0.4 is 5.90 Å². The van der Waals surface area contributed by atoms with E-state index in [1.807, 2.05) is 13.8 Å². The lowest BCUT2D eigenvalue weighted by Crippen LogP contribution is -2.23. The number of carbonyl (C=O) groups excluding carboxylic acids is 2. The summed E-state index contributed by atoms with van der Waals surface area (Å²) in [5.74, 6) is 3.17. The van der Waals surface area contributed by atoms with Crippen molar-refractivity contribution in [3.05, 3.63) is 0 Å². The third-order valence-electron chi connectivity index (χ3n) is 2.70. The highest BCUT2D eigenvalue weighted by atomic mass is 33.1. The largest absolute Gasteiger partial charge is 0.481 e. The van der Waals surface area contributed by atoms with Gasteiger partial charge in [-0.05, 0) is 27.2 Å². The van der Waals surface area contributed by atoms with Crippen LogP contribution in [0.5, 0.6) is 0 Å². The summed E-state index contributed by atoms with van der Waals surface area (Å²) >= 11 is 0. The quantitative estimate of drug-likeness (QED) is 0.412. The molecule has 0 aromatic rings. The van der Waals surface area contributed by atoms with Crippen molar-refractivity contribution in [3.63, 3.8) is 0 Å². The van der Waals surface area contributed by atoms with E-state index in [1.165, 1.54) is 10.8 Å². The number of carboxylic acids is 1. The van der Waals surface area contributed by atoms with Gasteiger partial charge in [-0.1, -0.05) is 21.6 Å². The van der Waals surface area contributed by atoms with E-state index in [0.29, 0.717) is 12.2 Å². The first-order valence-electron chi connectivity index (χ1n) is 6.54. The summed E-state index contributed by atoms with van der Waals surface area (Å²) in [7, 11) is 2.95. The van der Waals surface area contributed by atoms with Crippen LogP contribution >= 0.6 is 21.6 Å². The highest BCUT2D eigenvalue weighted by Gasteiger charge is 2.24. The second-order valence-corrected chi connectivity index (χ2v) is 8.47. The van der Waals surface area contributed by atoms with E-state index in [1.54, 1.807) is 17.7 Å². The number of nitrogens with two attached hydrogens (primary N) is 1. The number of Topliss-reactive ketones (excluding diaryl/α,β-unsaturated/α-hetero) is 2. The topological polar surface area (TPSA) is 107 Å². The Morgan fingerprint density at radius 3 is 2.43 bits per heavy atom. The molecule has 1 atom stereocenters. The molecule has 0 aliphatic rings. The van der Waals surface area contributed by atoms with E-state index in [9.17, 15) is 14.4 Å². The Bertz CT molecular complexity index is 374. The van der Waals surface area contributed by atoms with Crippen LogP contribution in [-0.2, 0) is 19.2 Å². The summed E-state index contributed by atoms with van der Waals surface area (Å²) in [4.78, 5) is 37.7. The van der Waals surface area contributed by atoms with Crippen molar-refractivity contribution in [1.82, 2.24) is 0 Å². The van der Waals surface area contributed by atoms with Gasteiger partial charge in [-0.25, -0.2) is 5.90 Å². The van der Waals surface area contributed by atoms with Crippen LogP contribution in [0.3, 0.4) is 0 Å². The fourth-order valence-corrected chi connectivity index (χ4v) is 4.34. The zero-order valence-electron chi connectivity index (χ0n) is 12.6. The minimum Gasteiger partial charge on any atom is -0.481 e. The van der Waals surface area contributed by atoms with E-state index in [0.717, 1.165) is 6.42 Å². The number of ketones is 2. The standard InChI is InChI=1S/C13H23NO5S2/c1-9(15)4-5-13(2,3)21-20-8-10(12(17)18)6-11(16)7-19-14/h10H,4-8,14H2,1-3H3,(H,17,18). The number of aliphatic carboxylic acids is 1. The van der Waals surface area contributed by atoms with E-state index in [-0.39, 0.29) is 29.3 Å². The molecule has 0 amide bonds. The summed E-state index contributed by atoms with van der Waals surface area (Å²) in [5.41, 5.74) is 0. The second kappa shape index (κ2) is 10.2. The summed E-state index contributed by atoms with van der Waals surface area (Å²) < 4.78 is -0.121. The van der Waals surface area contributed by atoms with E-state index in [4.69, 9.17) is 11.0 Å². The van der Waals surface area contributed by atoms with Crippen molar-refractivity contribution in [1.29, 1.82) is 0 Å². The van der Waals surface area contributed by atoms with Gasteiger partial charge in [0.1, 0.15) is 12.4 Å². The molecule has 0 saturated carbocycles. The Kier molecular flexibility index (Phi) is 9.93. The number of carboxylic acid groups (broad SMARTS) is 1. The van der Waals surface area contributed by atoms with Crippen molar-refractivity contribution in [2.45, 2.75) is 44.8 Å². The molecular weight excluding hydrogens is 314 g/mol. The van der Waals surface area contributed by atoms with Gasteiger partial charge in [-0.15, -0.1) is 0 Å². The molecule has 0 fully saturated rings. The molecule has 0 saturated heterocycles. The van der Waals surface area contributed by atoms with Crippen LogP contribution in [0.2, 0.25) is 0 Å². The van der Waals surface area contributed by atoms with Gasteiger partial charge in [0.05, 0.1) is 5.92 Å². The molecule has 8 heteroatoms. The fraction of sp³-hybridized carbons (Fsp3) is 0.769. The van der Waals surface area contributed by atoms with Gasteiger partial charge in [0, 0.05) is 23.3 Å². The number of rotatable bonds is 12. The third-order valence-corrected chi connectivity index (χ3v) is 6.13. The van der Waals surface area contributed by atoms with Gasteiger partial charge in [0.15, 0.2) is 5.78 Å². The van der Waals surface area contributed by atoms with E-state index < -0.39 is 11.9 Å². The van der Waals surface area contributed by atoms with Crippen LogP contribution in [0.1, 0.15) is 40.0 Å². The molecule has 6 nitrogen and oxygen atoms in total. The number of hydrogen-bond donors (Lipinski definition) is 2. The Morgan fingerprint density at radius 1 is 1.33 bits per heavy atom.